The van der Waals surface area contributed by atoms with Gasteiger partial charge in [-0.3, -0.25) is 14.2 Å². The number of para-hydroxylation sites is 1. The van der Waals surface area contributed by atoms with E-state index in [1.165, 1.54) is 6.92 Å². The van der Waals surface area contributed by atoms with Crippen LogP contribution >= 0.6 is 0 Å². The zero-order valence-corrected chi connectivity index (χ0v) is 27.6. The van der Waals surface area contributed by atoms with Gasteiger partial charge in [0.25, 0.3) is 5.91 Å². The molecule has 262 valence electrons. The molecule has 0 aliphatic carbocycles. The maximum atomic E-state index is 14.1. The molecule has 0 radical (unpaired) electrons. The molecule has 2 aliphatic rings. The molecule has 3 unspecified atom stereocenters. The van der Waals surface area contributed by atoms with Gasteiger partial charge in [-0.15, -0.1) is 0 Å². The number of hydrogen-bond acceptors (Lipinski definition) is 11. The van der Waals surface area contributed by atoms with E-state index in [0.29, 0.717) is 98.8 Å². The van der Waals surface area contributed by atoms with Crippen molar-refractivity contribution in [1.29, 1.82) is 0 Å². The van der Waals surface area contributed by atoms with E-state index >= 15 is 0 Å². The smallest absolute Gasteiger partial charge is 0.288 e. The second-order valence-corrected chi connectivity index (χ2v) is 11.1. The number of allylic oxidation sites excluding steroid dienone is 1. The largest absolute Gasteiger partial charge is 0.459 e. The summed E-state index contributed by atoms with van der Waals surface area (Å²) in [5, 5.41) is 9.85. The molecule has 4 rings (SSSR count). The third kappa shape index (κ3) is 11.1. The van der Waals surface area contributed by atoms with E-state index in [2.05, 4.69) is 0 Å². The summed E-state index contributed by atoms with van der Waals surface area (Å²) in [7, 11) is 0. The third-order valence-corrected chi connectivity index (χ3v) is 7.99. The van der Waals surface area contributed by atoms with Crippen LogP contribution in [0.25, 0.3) is 10.9 Å². The normalized spacial score (nSPS) is 22.2. The van der Waals surface area contributed by atoms with E-state index in [1.807, 2.05) is 43.5 Å². The summed E-state index contributed by atoms with van der Waals surface area (Å²) in [6.45, 7) is 9.12. The first-order chi connectivity index (χ1) is 23.0. The molecule has 2 aromatic rings. The van der Waals surface area contributed by atoms with Crippen molar-refractivity contribution < 1.29 is 52.6 Å². The van der Waals surface area contributed by atoms with Crippen molar-refractivity contribution in [3.8, 4) is 0 Å². The monoisotopic (exact) mass is 662 g/mol. The van der Waals surface area contributed by atoms with Gasteiger partial charge in [-0.05, 0) is 31.1 Å². The number of nitrogens with zero attached hydrogens (tertiary/aromatic N) is 2. The van der Waals surface area contributed by atoms with Crippen LogP contribution < -0.4 is 0 Å². The molecular weight excluding hydrogens is 612 g/mol. The fourth-order valence-corrected chi connectivity index (χ4v) is 5.71. The highest BCUT2D eigenvalue weighted by molar-refractivity contribution is 5.95. The summed E-state index contributed by atoms with van der Waals surface area (Å²) in [6.07, 6.45) is 3.53. The van der Waals surface area contributed by atoms with Gasteiger partial charge in [-0.25, -0.2) is 0 Å². The van der Waals surface area contributed by atoms with Gasteiger partial charge in [0.05, 0.1) is 84.8 Å². The second-order valence-electron chi connectivity index (χ2n) is 11.1. The summed E-state index contributed by atoms with van der Waals surface area (Å²) >= 11 is 0. The highest BCUT2D eigenvalue weighted by atomic mass is 16.7. The fraction of sp³-hybridized carbons (Fsp3) is 0.647. The number of hydrogen-bond donors (Lipinski definition) is 1. The topological polar surface area (TPSA) is 136 Å². The van der Waals surface area contributed by atoms with E-state index in [0.717, 1.165) is 16.5 Å². The van der Waals surface area contributed by atoms with Gasteiger partial charge in [-0.2, -0.15) is 0 Å². The van der Waals surface area contributed by atoms with Crippen molar-refractivity contribution in [2.45, 2.75) is 32.5 Å². The zero-order chi connectivity index (χ0) is 33.3. The molecule has 3 atom stereocenters. The van der Waals surface area contributed by atoms with Gasteiger partial charge in [0.2, 0.25) is 12.2 Å². The Hall–Kier alpha value is -2.88. The summed E-state index contributed by atoms with van der Waals surface area (Å²) in [5.41, 5.74) is 1.69. The van der Waals surface area contributed by atoms with Crippen LogP contribution in [-0.2, 0) is 42.7 Å². The number of amides is 1. The van der Waals surface area contributed by atoms with Gasteiger partial charge in [0, 0.05) is 56.6 Å². The molecule has 47 heavy (non-hydrogen) atoms. The van der Waals surface area contributed by atoms with Crippen molar-refractivity contribution in [2.75, 3.05) is 106 Å². The van der Waals surface area contributed by atoms with Crippen LogP contribution in [0.2, 0.25) is 0 Å². The molecule has 0 bridgehead atoms. The molecule has 3 heterocycles. The maximum Gasteiger partial charge on any atom is 0.288 e. The summed E-state index contributed by atoms with van der Waals surface area (Å²) in [6, 6.07) is 7.74. The average Bonchev–Trinajstić information content (AvgIpc) is 3.46. The predicted molar refractivity (Wildman–Crippen MR) is 172 cm³/mol. The Labute approximate surface area is 276 Å². The minimum Gasteiger partial charge on any atom is -0.459 e. The Kier molecular flexibility index (Phi) is 16.1. The van der Waals surface area contributed by atoms with Gasteiger partial charge in [0.15, 0.2) is 5.76 Å². The summed E-state index contributed by atoms with van der Waals surface area (Å²) in [4.78, 5) is 28.5. The van der Waals surface area contributed by atoms with Crippen molar-refractivity contribution in [1.82, 2.24) is 9.47 Å². The Morgan fingerprint density at radius 1 is 0.872 bits per heavy atom. The Morgan fingerprint density at radius 2 is 1.49 bits per heavy atom. The summed E-state index contributed by atoms with van der Waals surface area (Å²) in [5.74, 6) is -0.793. The molecule has 1 saturated heterocycles. The first-order valence-electron chi connectivity index (χ1n) is 16.5. The highest BCUT2D eigenvalue weighted by Crippen LogP contribution is 2.42. The SMILES string of the molecule is CCOC1OC(C(=O)N2CCOCCOCCOCCOCC2)=CC(c2cn(C(C)=O)c3ccccc23)C1CCOCCOCCO. The van der Waals surface area contributed by atoms with Crippen molar-refractivity contribution >= 4 is 22.7 Å². The Balaban J connectivity index is 1.62. The van der Waals surface area contributed by atoms with Gasteiger partial charge in [-0.1, -0.05) is 18.2 Å². The Morgan fingerprint density at radius 3 is 2.11 bits per heavy atom. The zero-order valence-electron chi connectivity index (χ0n) is 27.6. The number of ether oxygens (including phenoxy) is 8. The van der Waals surface area contributed by atoms with E-state index in [9.17, 15) is 9.59 Å². The van der Waals surface area contributed by atoms with Crippen molar-refractivity contribution in [3.05, 3.63) is 47.9 Å². The van der Waals surface area contributed by atoms with Crippen LogP contribution in [0, 0.1) is 5.92 Å². The van der Waals surface area contributed by atoms with E-state index in [1.54, 1.807) is 9.47 Å². The Bertz CT molecular complexity index is 1250. The molecular formula is C34H50N2O11. The van der Waals surface area contributed by atoms with Crippen LogP contribution in [0.5, 0.6) is 0 Å². The lowest BCUT2D eigenvalue weighted by atomic mass is 9.81. The number of fused-ring (bicyclic) bond motifs is 1. The van der Waals surface area contributed by atoms with Crippen LogP contribution in [-0.4, -0.2) is 138 Å². The first-order valence-corrected chi connectivity index (χ1v) is 16.5. The van der Waals surface area contributed by atoms with Gasteiger partial charge >= 0.3 is 0 Å². The molecule has 2 aliphatic heterocycles. The second kappa shape index (κ2) is 20.5. The van der Waals surface area contributed by atoms with Crippen LogP contribution in [0.3, 0.4) is 0 Å². The minimum atomic E-state index is -0.743. The molecule has 0 spiro atoms. The lowest BCUT2D eigenvalue weighted by Gasteiger charge is -2.38. The van der Waals surface area contributed by atoms with E-state index < -0.39 is 6.29 Å². The molecule has 0 saturated carbocycles. The highest BCUT2D eigenvalue weighted by Gasteiger charge is 2.40. The van der Waals surface area contributed by atoms with Crippen molar-refractivity contribution in [2.24, 2.45) is 5.92 Å². The lowest BCUT2D eigenvalue weighted by Crippen LogP contribution is -2.43. The maximum absolute atomic E-state index is 14.1. The lowest BCUT2D eigenvalue weighted by molar-refractivity contribution is -0.172. The van der Waals surface area contributed by atoms with Crippen molar-refractivity contribution in [3.63, 3.8) is 0 Å². The number of carbonyl (C=O) groups excluding carboxylic acids is 2. The number of aliphatic hydroxyl groups excluding tert-OH is 1. The molecule has 1 fully saturated rings. The quantitative estimate of drug-likeness (QED) is 0.336. The van der Waals surface area contributed by atoms with Crippen LogP contribution in [0.15, 0.2) is 42.3 Å². The van der Waals surface area contributed by atoms with E-state index in [-0.39, 0.29) is 42.6 Å². The first kappa shape index (κ1) is 36.9. The van der Waals surface area contributed by atoms with Gasteiger partial charge in [0.1, 0.15) is 0 Å². The number of aliphatic hydroxyl groups is 1. The number of rotatable bonds is 12. The third-order valence-electron chi connectivity index (χ3n) is 7.99. The van der Waals surface area contributed by atoms with E-state index in [4.69, 9.17) is 43.0 Å². The van der Waals surface area contributed by atoms with Crippen LogP contribution in [0.1, 0.15) is 36.5 Å². The number of aromatic nitrogens is 1. The average molecular weight is 663 g/mol. The molecule has 13 nitrogen and oxygen atoms in total. The molecule has 1 aromatic heterocycles. The molecule has 13 heteroatoms. The predicted octanol–water partition coefficient (Wildman–Crippen LogP) is 2.60. The number of benzene rings is 1. The fourth-order valence-electron chi connectivity index (χ4n) is 5.71. The molecule has 1 aromatic carbocycles. The minimum absolute atomic E-state index is 0.0419. The number of carbonyl (C=O) groups is 2. The van der Waals surface area contributed by atoms with Gasteiger partial charge < -0.3 is 47.9 Å². The standard InChI is InChI=1S/C34H50N2O11/c1-3-46-34-28(8-12-40-16-19-43-15-11-37)29(30-25-36(26(2)38)31-7-5-4-6-27(30)31)24-32(47-34)33(39)35-9-13-41-17-20-44-22-23-45-21-18-42-14-10-35/h4-7,24-25,28-29,34,37H,3,8-23H2,1-2H3. The van der Waals surface area contributed by atoms with Crippen LogP contribution in [0.4, 0.5) is 0 Å². The molecule has 1 N–H and O–H groups in total. The molecule has 1 amide bonds. The summed E-state index contributed by atoms with van der Waals surface area (Å²) < 4.78 is 47.9.